The van der Waals surface area contributed by atoms with E-state index in [4.69, 9.17) is 13.9 Å². The zero-order chi connectivity index (χ0) is 15.9. The molecule has 0 saturated heterocycles. The molecule has 0 spiro atoms. The second-order valence-electron chi connectivity index (χ2n) is 5.28. The minimum absolute atomic E-state index is 0.187. The first-order valence-corrected chi connectivity index (χ1v) is 7.27. The maximum Gasteiger partial charge on any atom is 0.165 e. The molecule has 1 atom stereocenters. The van der Waals surface area contributed by atoms with Gasteiger partial charge >= 0.3 is 0 Å². The van der Waals surface area contributed by atoms with Crippen LogP contribution in [0.4, 0.5) is 0 Å². The Hall–Kier alpha value is -1.98. The lowest BCUT2D eigenvalue weighted by molar-refractivity contribution is 0.249. The van der Waals surface area contributed by atoms with Crippen molar-refractivity contribution in [3.63, 3.8) is 0 Å². The van der Waals surface area contributed by atoms with Crippen LogP contribution in [0.5, 0.6) is 11.5 Å². The molecule has 2 aromatic rings. The zero-order valence-corrected chi connectivity index (χ0v) is 13.6. The van der Waals surface area contributed by atoms with Gasteiger partial charge in [-0.1, -0.05) is 12.1 Å². The molecule has 22 heavy (non-hydrogen) atoms. The summed E-state index contributed by atoms with van der Waals surface area (Å²) in [5, 5.41) is 3.46. The number of hydrogen-bond acceptors (Lipinski definition) is 5. The van der Waals surface area contributed by atoms with E-state index in [-0.39, 0.29) is 6.04 Å². The summed E-state index contributed by atoms with van der Waals surface area (Å²) in [6, 6.07) is 10.00. The van der Waals surface area contributed by atoms with Crippen LogP contribution in [-0.2, 0) is 6.54 Å². The Kier molecular flexibility index (Phi) is 5.86. The van der Waals surface area contributed by atoms with E-state index in [2.05, 4.69) is 10.2 Å². The number of rotatable bonds is 8. The van der Waals surface area contributed by atoms with Gasteiger partial charge in [0.25, 0.3) is 0 Å². The summed E-state index contributed by atoms with van der Waals surface area (Å²) in [5.74, 6) is 2.48. The van der Waals surface area contributed by atoms with Crippen LogP contribution in [0.3, 0.4) is 0 Å². The second kappa shape index (κ2) is 7.87. The number of nitrogens with zero attached hydrogens (tertiary/aromatic N) is 1. The van der Waals surface area contributed by atoms with Crippen molar-refractivity contribution in [2.45, 2.75) is 12.6 Å². The number of furan rings is 1. The van der Waals surface area contributed by atoms with E-state index in [9.17, 15) is 0 Å². The molecule has 1 unspecified atom stereocenters. The molecule has 120 valence electrons. The topological polar surface area (TPSA) is 46.9 Å². The molecule has 1 heterocycles. The van der Waals surface area contributed by atoms with Gasteiger partial charge in [0.05, 0.1) is 26.5 Å². The van der Waals surface area contributed by atoms with Crippen LogP contribution >= 0.6 is 0 Å². The third-order valence-electron chi connectivity index (χ3n) is 3.63. The van der Waals surface area contributed by atoms with Gasteiger partial charge in [-0.15, -0.1) is 0 Å². The van der Waals surface area contributed by atoms with E-state index in [1.54, 1.807) is 20.5 Å². The highest BCUT2D eigenvalue weighted by molar-refractivity contribution is 5.46. The van der Waals surface area contributed by atoms with E-state index in [0.717, 1.165) is 29.4 Å². The summed E-state index contributed by atoms with van der Waals surface area (Å²) in [7, 11) is 7.39. The first kappa shape index (κ1) is 16.4. The number of likely N-dealkylation sites (N-methyl/N-ethyl adjacent to an activating group) is 1. The summed E-state index contributed by atoms with van der Waals surface area (Å²) >= 11 is 0. The summed E-state index contributed by atoms with van der Waals surface area (Å²) in [5.41, 5.74) is 1.07. The van der Waals surface area contributed by atoms with Crippen LogP contribution in [0.2, 0.25) is 0 Å². The number of benzene rings is 1. The summed E-state index contributed by atoms with van der Waals surface area (Å²) in [6.07, 6.45) is 1.71. The van der Waals surface area contributed by atoms with Crippen LogP contribution in [0.15, 0.2) is 41.0 Å². The highest BCUT2D eigenvalue weighted by Crippen LogP contribution is 2.30. The number of ether oxygens (including phenoxy) is 2. The van der Waals surface area contributed by atoms with Crippen LogP contribution in [-0.4, -0.2) is 39.8 Å². The van der Waals surface area contributed by atoms with Crippen molar-refractivity contribution in [1.29, 1.82) is 0 Å². The standard InChI is InChI=1S/C17H24N2O3/c1-19(2)14(15-9-6-10-22-15)12-18-11-13-7-5-8-16(20-3)17(13)21-4/h5-10,14,18H,11-12H2,1-4H3. The van der Waals surface area contributed by atoms with Gasteiger partial charge in [-0.3, -0.25) is 4.90 Å². The van der Waals surface area contributed by atoms with Gasteiger partial charge in [0.15, 0.2) is 11.5 Å². The first-order valence-electron chi connectivity index (χ1n) is 7.27. The lowest BCUT2D eigenvalue weighted by Gasteiger charge is -2.23. The predicted molar refractivity (Wildman–Crippen MR) is 86.4 cm³/mol. The maximum absolute atomic E-state index is 5.51. The number of nitrogens with one attached hydrogen (secondary N) is 1. The fourth-order valence-corrected chi connectivity index (χ4v) is 2.45. The van der Waals surface area contributed by atoms with Crippen molar-refractivity contribution in [2.24, 2.45) is 0 Å². The van der Waals surface area contributed by atoms with Crippen LogP contribution in [0.25, 0.3) is 0 Å². The Morgan fingerprint density at radius 2 is 1.95 bits per heavy atom. The molecule has 5 heteroatoms. The van der Waals surface area contributed by atoms with E-state index < -0.39 is 0 Å². The van der Waals surface area contributed by atoms with Gasteiger partial charge in [-0.25, -0.2) is 0 Å². The van der Waals surface area contributed by atoms with Crippen molar-refractivity contribution in [3.05, 3.63) is 47.9 Å². The molecule has 0 amide bonds. The van der Waals surface area contributed by atoms with Crippen molar-refractivity contribution in [1.82, 2.24) is 10.2 Å². The SMILES string of the molecule is COc1cccc(CNCC(c2ccco2)N(C)C)c1OC. The maximum atomic E-state index is 5.51. The second-order valence-corrected chi connectivity index (χ2v) is 5.28. The Morgan fingerprint density at radius 3 is 2.55 bits per heavy atom. The van der Waals surface area contributed by atoms with Crippen LogP contribution in [0, 0.1) is 0 Å². The third kappa shape index (κ3) is 3.81. The average molecular weight is 304 g/mol. The average Bonchev–Trinajstić information content (AvgIpc) is 3.04. The Labute approximate surface area is 131 Å². The molecule has 0 aliphatic carbocycles. The van der Waals surface area contributed by atoms with Crippen molar-refractivity contribution in [3.8, 4) is 11.5 Å². The Morgan fingerprint density at radius 1 is 1.14 bits per heavy atom. The van der Waals surface area contributed by atoms with E-state index in [1.807, 2.05) is 44.4 Å². The monoisotopic (exact) mass is 304 g/mol. The van der Waals surface area contributed by atoms with Gasteiger partial charge in [-0.05, 0) is 32.3 Å². The van der Waals surface area contributed by atoms with E-state index in [1.165, 1.54) is 0 Å². The highest BCUT2D eigenvalue weighted by atomic mass is 16.5. The molecule has 0 aliphatic heterocycles. The van der Waals surface area contributed by atoms with E-state index in [0.29, 0.717) is 6.54 Å². The lowest BCUT2D eigenvalue weighted by atomic mass is 10.1. The zero-order valence-electron chi connectivity index (χ0n) is 13.6. The molecule has 0 radical (unpaired) electrons. The summed E-state index contributed by atoms with van der Waals surface area (Å²) < 4.78 is 16.3. The molecule has 1 aromatic carbocycles. The van der Waals surface area contributed by atoms with Gasteiger partial charge in [0.1, 0.15) is 5.76 Å². The fraction of sp³-hybridized carbons (Fsp3) is 0.412. The van der Waals surface area contributed by atoms with Gasteiger partial charge < -0.3 is 19.2 Å². The Balaban J connectivity index is 2.01. The number of methoxy groups -OCH3 is 2. The summed E-state index contributed by atoms with van der Waals surface area (Å²) in [4.78, 5) is 2.13. The Bertz CT molecular complexity index is 567. The van der Waals surface area contributed by atoms with Gasteiger partial charge in [0, 0.05) is 18.7 Å². The van der Waals surface area contributed by atoms with Crippen molar-refractivity contribution < 1.29 is 13.9 Å². The molecule has 1 aromatic heterocycles. The minimum Gasteiger partial charge on any atom is -0.493 e. The molecule has 0 bridgehead atoms. The van der Waals surface area contributed by atoms with Gasteiger partial charge in [0.2, 0.25) is 0 Å². The van der Waals surface area contributed by atoms with Crippen molar-refractivity contribution >= 4 is 0 Å². The molecule has 0 aliphatic rings. The van der Waals surface area contributed by atoms with Gasteiger partial charge in [-0.2, -0.15) is 0 Å². The quantitative estimate of drug-likeness (QED) is 0.812. The van der Waals surface area contributed by atoms with E-state index >= 15 is 0 Å². The molecular formula is C17H24N2O3. The molecule has 0 fully saturated rings. The third-order valence-corrected chi connectivity index (χ3v) is 3.63. The first-order chi connectivity index (χ1) is 10.7. The minimum atomic E-state index is 0.187. The van der Waals surface area contributed by atoms with Crippen LogP contribution in [0.1, 0.15) is 17.4 Å². The fourth-order valence-electron chi connectivity index (χ4n) is 2.45. The summed E-state index contributed by atoms with van der Waals surface area (Å²) in [6.45, 7) is 1.48. The highest BCUT2D eigenvalue weighted by Gasteiger charge is 2.17. The number of para-hydroxylation sites is 1. The normalized spacial score (nSPS) is 12.4. The molecule has 0 saturated carbocycles. The van der Waals surface area contributed by atoms with Crippen LogP contribution < -0.4 is 14.8 Å². The number of hydrogen-bond donors (Lipinski definition) is 1. The molecular weight excluding hydrogens is 280 g/mol. The lowest BCUT2D eigenvalue weighted by Crippen LogP contribution is -2.30. The predicted octanol–water partition coefficient (Wildman–Crippen LogP) is 2.69. The smallest absolute Gasteiger partial charge is 0.165 e. The molecule has 1 N–H and O–H groups in total. The largest absolute Gasteiger partial charge is 0.493 e. The van der Waals surface area contributed by atoms with Crippen molar-refractivity contribution in [2.75, 3.05) is 34.9 Å². The molecule has 2 rings (SSSR count). The molecule has 5 nitrogen and oxygen atoms in total.